The fourth-order valence-corrected chi connectivity index (χ4v) is 4.14. The number of carbonyl (C=O) groups excluding carboxylic acids is 1. The number of ether oxygens (including phenoxy) is 1. The second kappa shape index (κ2) is 8.41. The lowest BCUT2D eigenvalue weighted by Crippen LogP contribution is -2.24. The summed E-state index contributed by atoms with van der Waals surface area (Å²) in [6, 6.07) is 17.7. The SMILES string of the molecule is CCNS(=O)(=O)c1cc(C(=O)Nc2cccc3ccccc23)ccc1OCC. The molecule has 3 aromatic rings. The van der Waals surface area contributed by atoms with Crippen LogP contribution in [0.5, 0.6) is 5.75 Å². The molecule has 0 atom stereocenters. The van der Waals surface area contributed by atoms with Crippen LogP contribution in [0.15, 0.2) is 65.6 Å². The van der Waals surface area contributed by atoms with E-state index < -0.39 is 15.9 Å². The molecule has 0 aliphatic heterocycles. The summed E-state index contributed by atoms with van der Waals surface area (Å²) in [6.07, 6.45) is 0. The van der Waals surface area contributed by atoms with Crippen molar-refractivity contribution in [3.05, 3.63) is 66.2 Å². The number of hydrogen-bond acceptors (Lipinski definition) is 4. The van der Waals surface area contributed by atoms with Crippen LogP contribution in [-0.4, -0.2) is 27.5 Å². The van der Waals surface area contributed by atoms with Crippen LogP contribution in [0.1, 0.15) is 24.2 Å². The second-order valence-electron chi connectivity index (χ2n) is 6.08. The molecule has 28 heavy (non-hydrogen) atoms. The number of amides is 1. The number of fused-ring (bicyclic) bond motifs is 1. The molecule has 3 aromatic carbocycles. The molecule has 0 aliphatic carbocycles. The Hall–Kier alpha value is -2.90. The molecule has 146 valence electrons. The molecule has 6 nitrogen and oxygen atoms in total. The monoisotopic (exact) mass is 398 g/mol. The second-order valence-corrected chi connectivity index (χ2v) is 7.81. The van der Waals surface area contributed by atoms with Crippen molar-refractivity contribution in [3.63, 3.8) is 0 Å². The van der Waals surface area contributed by atoms with Gasteiger partial charge >= 0.3 is 0 Å². The molecule has 2 N–H and O–H groups in total. The highest BCUT2D eigenvalue weighted by Crippen LogP contribution is 2.27. The highest BCUT2D eigenvalue weighted by Gasteiger charge is 2.21. The minimum absolute atomic E-state index is 0.0539. The number of carbonyl (C=O) groups is 1. The number of hydrogen-bond donors (Lipinski definition) is 2. The Balaban J connectivity index is 1.97. The summed E-state index contributed by atoms with van der Waals surface area (Å²) in [5, 5.41) is 4.78. The van der Waals surface area contributed by atoms with Crippen molar-refractivity contribution in [2.24, 2.45) is 0 Å². The van der Waals surface area contributed by atoms with Crippen molar-refractivity contribution >= 4 is 32.4 Å². The highest BCUT2D eigenvalue weighted by atomic mass is 32.2. The van der Waals surface area contributed by atoms with Gasteiger partial charge in [0, 0.05) is 23.2 Å². The van der Waals surface area contributed by atoms with Gasteiger partial charge in [-0.1, -0.05) is 43.3 Å². The van der Waals surface area contributed by atoms with Crippen molar-refractivity contribution in [1.29, 1.82) is 0 Å². The molecule has 0 spiro atoms. The predicted molar refractivity (Wildman–Crippen MR) is 110 cm³/mol. The van der Waals surface area contributed by atoms with E-state index >= 15 is 0 Å². The fourth-order valence-electron chi connectivity index (χ4n) is 2.93. The topological polar surface area (TPSA) is 84.5 Å². The number of anilines is 1. The molecule has 3 rings (SSSR count). The predicted octanol–water partition coefficient (Wildman–Crippen LogP) is 3.79. The zero-order chi connectivity index (χ0) is 20.1. The van der Waals surface area contributed by atoms with Crippen LogP contribution in [-0.2, 0) is 10.0 Å². The normalized spacial score (nSPS) is 11.4. The first-order valence-corrected chi connectivity index (χ1v) is 10.5. The summed E-state index contributed by atoms with van der Waals surface area (Å²) in [7, 11) is -3.78. The average Bonchev–Trinajstić information content (AvgIpc) is 2.68. The van der Waals surface area contributed by atoms with Gasteiger partial charge in [-0.3, -0.25) is 4.79 Å². The zero-order valence-electron chi connectivity index (χ0n) is 15.7. The Morgan fingerprint density at radius 3 is 2.50 bits per heavy atom. The molecule has 0 unspecified atom stereocenters. The van der Waals surface area contributed by atoms with Crippen LogP contribution in [0.2, 0.25) is 0 Å². The molecule has 0 aliphatic rings. The first kappa shape index (κ1) is 19.9. The van der Waals surface area contributed by atoms with Crippen LogP contribution >= 0.6 is 0 Å². The minimum atomic E-state index is -3.78. The van der Waals surface area contributed by atoms with E-state index in [9.17, 15) is 13.2 Å². The van der Waals surface area contributed by atoms with Crippen molar-refractivity contribution in [2.45, 2.75) is 18.7 Å². The molecule has 0 radical (unpaired) electrons. The number of nitrogens with one attached hydrogen (secondary N) is 2. The molecule has 0 heterocycles. The third kappa shape index (κ3) is 4.16. The lowest BCUT2D eigenvalue weighted by atomic mass is 10.1. The average molecular weight is 398 g/mol. The van der Waals surface area contributed by atoms with E-state index in [0.717, 1.165) is 10.8 Å². The van der Waals surface area contributed by atoms with Crippen LogP contribution in [0.25, 0.3) is 10.8 Å². The van der Waals surface area contributed by atoms with Gasteiger partial charge in [-0.05, 0) is 36.6 Å². The van der Waals surface area contributed by atoms with Gasteiger partial charge in [0.05, 0.1) is 6.61 Å². The quantitative estimate of drug-likeness (QED) is 0.634. The van der Waals surface area contributed by atoms with E-state index in [4.69, 9.17) is 4.74 Å². The molecule has 0 aromatic heterocycles. The summed E-state index contributed by atoms with van der Waals surface area (Å²) in [4.78, 5) is 12.7. The van der Waals surface area contributed by atoms with E-state index in [1.807, 2.05) is 42.5 Å². The Kier molecular flexibility index (Phi) is 5.96. The third-order valence-corrected chi connectivity index (χ3v) is 5.73. The molecular weight excluding hydrogens is 376 g/mol. The lowest BCUT2D eigenvalue weighted by Gasteiger charge is -2.13. The summed E-state index contributed by atoms with van der Waals surface area (Å²) in [6.45, 7) is 4.01. The van der Waals surface area contributed by atoms with Crippen LogP contribution in [0.3, 0.4) is 0 Å². The number of sulfonamides is 1. The Morgan fingerprint density at radius 1 is 1.00 bits per heavy atom. The van der Waals surface area contributed by atoms with Gasteiger partial charge < -0.3 is 10.1 Å². The van der Waals surface area contributed by atoms with E-state index in [1.54, 1.807) is 19.9 Å². The molecule has 0 saturated carbocycles. The van der Waals surface area contributed by atoms with Gasteiger partial charge in [-0.15, -0.1) is 0 Å². The number of rotatable bonds is 7. The lowest BCUT2D eigenvalue weighted by molar-refractivity contribution is 0.102. The van der Waals surface area contributed by atoms with Crippen LogP contribution in [0, 0.1) is 0 Å². The maximum absolute atomic E-state index is 12.8. The smallest absolute Gasteiger partial charge is 0.255 e. The first-order valence-electron chi connectivity index (χ1n) is 9.02. The first-order chi connectivity index (χ1) is 13.5. The zero-order valence-corrected chi connectivity index (χ0v) is 16.5. The summed E-state index contributed by atoms with van der Waals surface area (Å²) < 4.78 is 32.9. The third-order valence-electron chi connectivity index (χ3n) is 4.17. The van der Waals surface area contributed by atoms with E-state index in [1.165, 1.54) is 12.1 Å². The van der Waals surface area contributed by atoms with Crippen molar-refractivity contribution in [1.82, 2.24) is 4.72 Å². The summed E-state index contributed by atoms with van der Waals surface area (Å²) in [5.41, 5.74) is 0.890. The van der Waals surface area contributed by atoms with Gasteiger partial charge in [0.15, 0.2) is 0 Å². The minimum Gasteiger partial charge on any atom is -0.492 e. The standard InChI is InChI=1S/C21H22N2O4S/c1-3-22-28(25,26)20-14-16(12-13-19(20)27-4-2)21(24)23-18-11-7-9-15-8-5-6-10-17(15)18/h5-14,22H,3-4H2,1-2H3,(H,23,24). The highest BCUT2D eigenvalue weighted by molar-refractivity contribution is 7.89. The number of benzene rings is 3. The molecular formula is C21H22N2O4S. The van der Waals surface area contributed by atoms with E-state index in [2.05, 4.69) is 10.0 Å². The molecule has 7 heteroatoms. The summed E-state index contributed by atoms with van der Waals surface area (Å²) in [5.74, 6) is -0.183. The summed E-state index contributed by atoms with van der Waals surface area (Å²) >= 11 is 0. The van der Waals surface area contributed by atoms with Gasteiger partial charge in [-0.2, -0.15) is 0 Å². The van der Waals surface area contributed by atoms with Crippen LogP contribution in [0.4, 0.5) is 5.69 Å². The Labute approximate surface area is 164 Å². The Bertz CT molecular complexity index is 1110. The van der Waals surface area contributed by atoms with Gasteiger partial charge in [-0.25, -0.2) is 13.1 Å². The molecule has 0 fully saturated rings. The van der Waals surface area contributed by atoms with Crippen molar-refractivity contribution in [3.8, 4) is 5.75 Å². The fraction of sp³-hybridized carbons (Fsp3) is 0.190. The van der Waals surface area contributed by atoms with E-state index in [0.29, 0.717) is 12.3 Å². The van der Waals surface area contributed by atoms with Gasteiger partial charge in [0.25, 0.3) is 5.91 Å². The molecule has 1 amide bonds. The maximum atomic E-state index is 12.8. The van der Waals surface area contributed by atoms with Crippen LogP contribution < -0.4 is 14.8 Å². The van der Waals surface area contributed by atoms with Crippen molar-refractivity contribution in [2.75, 3.05) is 18.5 Å². The Morgan fingerprint density at radius 2 is 1.75 bits per heavy atom. The van der Waals surface area contributed by atoms with Gasteiger partial charge in [0.1, 0.15) is 10.6 Å². The maximum Gasteiger partial charge on any atom is 0.255 e. The molecule has 0 saturated heterocycles. The van der Waals surface area contributed by atoms with E-state index in [-0.39, 0.29) is 22.8 Å². The van der Waals surface area contributed by atoms with Crippen molar-refractivity contribution < 1.29 is 17.9 Å². The molecule has 0 bridgehead atoms. The largest absolute Gasteiger partial charge is 0.492 e. The van der Waals surface area contributed by atoms with Gasteiger partial charge in [0.2, 0.25) is 10.0 Å².